The van der Waals surface area contributed by atoms with E-state index >= 15 is 0 Å². The Balaban J connectivity index is 2.12. The molecule has 1 unspecified atom stereocenters. The van der Waals surface area contributed by atoms with Gasteiger partial charge in [-0.05, 0) is 43.3 Å². The number of pyridine rings is 1. The number of rotatable bonds is 4. The van der Waals surface area contributed by atoms with Crippen molar-refractivity contribution < 1.29 is 12.8 Å². The molecule has 2 aromatic rings. The average molecular weight is 294 g/mol. The van der Waals surface area contributed by atoms with Gasteiger partial charge < -0.3 is 5.32 Å². The van der Waals surface area contributed by atoms with Crippen molar-refractivity contribution in [3.05, 3.63) is 54.1 Å². The number of aromatic nitrogens is 1. The maximum Gasteiger partial charge on any atom is 0.175 e. The van der Waals surface area contributed by atoms with Gasteiger partial charge in [0.1, 0.15) is 5.82 Å². The fraction of sp³-hybridized carbons (Fsp3) is 0.214. The largest absolute Gasteiger partial charge is 0.377 e. The van der Waals surface area contributed by atoms with Crippen molar-refractivity contribution in [2.75, 3.05) is 11.6 Å². The van der Waals surface area contributed by atoms with Crippen LogP contribution in [0.15, 0.2) is 47.5 Å². The van der Waals surface area contributed by atoms with Crippen LogP contribution in [-0.2, 0) is 9.84 Å². The second-order valence-electron chi connectivity index (χ2n) is 4.56. The Morgan fingerprint density at radius 2 is 1.80 bits per heavy atom. The highest BCUT2D eigenvalue weighted by molar-refractivity contribution is 7.90. The van der Waals surface area contributed by atoms with E-state index < -0.39 is 9.84 Å². The first-order chi connectivity index (χ1) is 9.36. The van der Waals surface area contributed by atoms with Gasteiger partial charge in [0.25, 0.3) is 0 Å². The summed E-state index contributed by atoms with van der Waals surface area (Å²) in [5.41, 5.74) is 1.48. The van der Waals surface area contributed by atoms with Gasteiger partial charge in [-0.3, -0.25) is 4.98 Å². The van der Waals surface area contributed by atoms with Crippen LogP contribution in [0.5, 0.6) is 0 Å². The molecule has 2 rings (SSSR count). The van der Waals surface area contributed by atoms with Crippen LogP contribution in [0.1, 0.15) is 18.7 Å². The summed E-state index contributed by atoms with van der Waals surface area (Å²) >= 11 is 0. The van der Waals surface area contributed by atoms with E-state index in [4.69, 9.17) is 0 Å². The number of halogens is 1. The summed E-state index contributed by atoms with van der Waals surface area (Å²) in [7, 11) is -3.19. The number of hydrogen-bond acceptors (Lipinski definition) is 4. The normalized spacial score (nSPS) is 12.9. The summed E-state index contributed by atoms with van der Waals surface area (Å²) in [6, 6.07) is 9.32. The molecule has 0 saturated carbocycles. The molecule has 0 bridgehead atoms. The first kappa shape index (κ1) is 14.5. The topological polar surface area (TPSA) is 59.1 Å². The molecule has 1 aromatic heterocycles. The van der Waals surface area contributed by atoms with Crippen LogP contribution in [0.25, 0.3) is 0 Å². The van der Waals surface area contributed by atoms with E-state index in [1.54, 1.807) is 30.3 Å². The Labute approximate surface area is 117 Å². The number of hydrogen-bond donors (Lipinski definition) is 1. The molecule has 4 nitrogen and oxygen atoms in total. The number of nitrogens with one attached hydrogen (secondary N) is 1. The molecule has 0 aliphatic heterocycles. The summed E-state index contributed by atoms with van der Waals surface area (Å²) in [5, 5.41) is 3.18. The lowest BCUT2D eigenvalue weighted by molar-refractivity contribution is 0.602. The SMILES string of the molecule is CC(Nc1ccc(S(C)(=O)=O)cc1)c1ccc(F)cn1. The van der Waals surface area contributed by atoms with Crippen LogP contribution >= 0.6 is 0 Å². The summed E-state index contributed by atoms with van der Waals surface area (Å²) in [4.78, 5) is 4.27. The van der Waals surface area contributed by atoms with Gasteiger partial charge in [-0.25, -0.2) is 12.8 Å². The van der Waals surface area contributed by atoms with E-state index in [0.29, 0.717) is 5.69 Å². The van der Waals surface area contributed by atoms with Gasteiger partial charge in [0.05, 0.1) is 22.8 Å². The zero-order chi connectivity index (χ0) is 14.8. The van der Waals surface area contributed by atoms with Crippen LogP contribution in [0.4, 0.5) is 10.1 Å². The fourth-order valence-electron chi connectivity index (χ4n) is 1.77. The zero-order valence-electron chi connectivity index (χ0n) is 11.2. The lowest BCUT2D eigenvalue weighted by Crippen LogP contribution is -2.08. The molecule has 0 radical (unpaired) electrons. The van der Waals surface area contributed by atoms with Gasteiger partial charge in [-0.1, -0.05) is 0 Å². The second kappa shape index (κ2) is 5.58. The minimum absolute atomic E-state index is 0.111. The molecule has 0 aliphatic carbocycles. The van der Waals surface area contributed by atoms with E-state index in [2.05, 4.69) is 10.3 Å². The van der Waals surface area contributed by atoms with Gasteiger partial charge in [-0.2, -0.15) is 0 Å². The number of sulfone groups is 1. The van der Waals surface area contributed by atoms with Crippen LogP contribution in [0.2, 0.25) is 0 Å². The second-order valence-corrected chi connectivity index (χ2v) is 6.58. The number of nitrogens with zero attached hydrogens (tertiary/aromatic N) is 1. The molecule has 1 N–H and O–H groups in total. The van der Waals surface area contributed by atoms with Crippen molar-refractivity contribution in [2.45, 2.75) is 17.9 Å². The summed E-state index contributed by atoms with van der Waals surface area (Å²) in [5.74, 6) is -0.376. The third-order valence-corrected chi connectivity index (χ3v) is 3.99. The molecule has 1 atom stereocenters. The molecule has 1 heterocycles. The molecule has 1 aromatic carbocycles. The quantitative estimate of drug-likeness (QED) is 0.942. The van der Waals surface area contributed by atoms with Crippen molar-refractivity contribution in [2.24, 2.45) is 0 Å². The number of benzene rings is 1. The van der Waals surface area contributed by atoms with Crippen LogP contribution < -0.4 is 5.32 Å². The molecular weight excluding hydrogens is 279 g/mol. The van der Waals surface area contributed by atoms with Crippen LogP contribution in [-0.4, -0.2) is 19.7 Å². The van der Waals surface area contributed by atoms with E-state index in [1.807, 2.05) is 6.92 Å². The highest BCUT2D eigenvalue weighted by atomic mass is 32.2. The summed E-state index contributed by atoms with van der Waals surface area (Å²) in [6.45, 7) is 1.89. The van der Waals surface area contributed by atoms with E-state index in [-0.39, 0.29) is 16.8 Å². The van der Waals surface area contributed by atoms with Gasteiger partial charge in [-0.15, -0.1) is 0 Å². The van der Waals surface area contributed by atoms with Gasteiger partial charge >= 0.3 is 0 Å². The molecule has 20 heavy (non-hydrogen) atoms. The Hall–Kier alpha value is -1.95. The third-order valence-electron chi connectivity index (χ3n) is 2.86. The molecule has 0 aliphatic rings. The highest BCUT2D eigenvalue weighted by Gasteiger charge is 2.09. The molecule has 0 saturated heterocycles. The zero-order valence-corrected chi connectivity index (χ0v) is 12.0. The Morgan fingerprint density at radius 1 is 1.15 bits per heavy atom. The van der Waals surface area contributed by atoms with Gasteiger partial charge in [0.2, 0.25) is 0 Å². The minimum Gasteiger partial charge on any atom is -0.377 e. The third kappa shape index (κ3) is 3.54. The first-order valence-corrected chi connectivity index (χ1v) is 7.93. The monoisotopic (exact) mass is 294 g/mol. The fourth-order valence-corrected chi connectivity index (χ4v) is 2.40. The lowest BCUT2D eigenvalue weighted by atomic mass is 10.2. The van der Waals surface area contributed by atoms with E-state index in [9.17, 15) is 12.8 Å². The molecule has 106 valence electrons. The van der Waals surface area contributed by atoms with Crippen molar-refractivity contribution in [3.8, 4) is 0 Å². The molecule has 0 spiro atoms. The molecule has 6 heteroatoms. The van der Waals surface area contributed by atoms with Gasteiger partial charge in [0.15, 0.2) is 9.84 Å². The van der Waals surface area contributed by atoms with E-state index in [0.717, 1.165) is 5.69 Å². The van der Waals surface area contributed by atoms with E-state index in [1.165, 1.54) is 18.5 Å². The van der Waals surface area contributed by atoms with Crippen molar-refractivity contribution in [1.29, 1.82) is 0 Å². The van der Waals surface area contributed by atoms with Crippen molar-refractivity contribution in [3.63, 3.8) is 0 Å². The Kier molecular flexibility index (Phi) is 4.04. The van der Waals surface area contributed by atoms with Crippen molar-refractivity contribution >= 4 is 15.5 Å². The number of anilines is 1. The van der Waals surface area contributed by atoms with Crippen LogP contribution in [0, 0.1) is 5.82 Å². The maximum atomic E-state index is 12.8. The average Bonchev–Trinajstić information content (AvgIpc) is 2.39. The Morgan fingerprint density at radius 3 is 2.30 bits per heavy atom. The molecule has 0 fully saturated rings. The predicted molar refractivity (Wildman–Crippen MR) is 75.8 cm³/mol. The summed E-state index contributed by atoms with van der Waals surface area (Å²) < 4.78 is 35.5. The lowest BCUT2D eigenvalue weighted by Gasteiger charge is -2.15. The smallest absolute Gasteiger partial charge is 0.175 e. The Bertz CT molecular complexity index is 682. The maximum absolute atomic E-state index is 12.8. The van der Waals surface area contributed by atoms with Crippen LogP contribution in [0.3, 0.4) is 0 Å². The molecule has 0 amide bonds. The molecular formula is C14H15FN2O2S. The first-order valence-electron chi connectivity index (χ1n) is 6.04. The standard InChI is InChI=1S/C14H15FN2O2S/c1-10(14-8-3-11(15)9-16-14)17-12-4-6-13(7-5-12)20(2,18)19/h3-10,17H,1-2H3. The predicted octanol–water partition coefficient (Wildman–Crippen LogP) is 2.80. The summed E-state index contributed by atoms with van der Waals surface area (Å²) in [6.07, 6.45) is 2.33. The minimum atomic E-state index is -3.19. The van der Waals surface area contributed by atoms with Crippen molar-refractivity contribution in [1.82, 2.24) is 4.98 Å². The van der Waals surface area contributed by atoms with Gasteiger partial charge in [0, 0.05) is 11.9 Å². The highest BCUT2D eigenvalue weighted by Crippen LogP contribution is 2.19.